The van der Waals surface area contributed by atoms with Crippen LogP contribution in [0.2, 0.25) is 0 Å². The molecule has 0 aliphatic rings. The lowest BCUT2D eigenvalue weighted by atomic mass is 10.1. The van der Waals surface area contributed by atoms with E-state index in [0.29, 0.717) is 12.1 Å². The predicted molar refractivity (Wildman–Crippen MR) is 101 cm³/mol. The van der Waals surface area contributed by atoms with Gasteiger partial charge in [-0.3, -0.25) is 9.48 Å². The van der Waals surface area contributed by atoms with Crippen LogP contribution in [-0.2, 0) is 23.1 Å². The molecule has 3 rings (SSSR count). The number of esters is 1. The molecule has 2 aromatic heterocycles. The van der Waals surface area contributed by atoms with Gasteiger partial charge in [-0.05, 0) is 24.6 Å². The number of nitrogens with one attached hydrogen (secondary N) is 1. The second kappa shape index (κ2) is 8.17. The first-order valence-corrected chi connectivity index (χ1v) is 9.12. The molecular weight excluding hydrogens is 366 g/mol. The number of fused-ring (bicyclic) bond motifs is 1. The third-order valence-electron chi connectivity index (χ3n) is 3.99. The van der Waals surface area contributed by atoms with Crippen LogP contribution in [0.5, 0.6) is 0 Å². The number of hydrogen-bond acceptors (Lipinski definition) is 7. The zero-order chi connectivity index (χ0) is 19.4. The molecule has 8 nitrogen and oxygen atoms in total. The summed E-state index contributed by atoms with van der Waals surface area (Å²) in [6.07, 6.45) is 3.17. The van der Waals surface area contributed by atoms with Crippen LogP contribution < -0.4 is 5.32 Å². The van der Waals surface area contributed by atoms with Gasteiger partial charge in [0.05, 0.1) is 29.5 Å². The molecular formula is C18H19N5O3S. The van der Waals surface area contributed by atoms with Crippen LogP contribution >= 0.6 is 11.8 Å². The van der Waals surface area contributed by atoms with Crippen molar-refractivity contribution in [2.75, 3.05) is 7.11 Å². The lowest BCUT2D eigenvalue weighted by molar-refractivity contribution is -0.120. The number of amides is 1. The highest BCUT2D eigenvalue weighted by molar-refractivity contribution is 8.00. The minimum Gasteiger partial charge on any atom is -0.465 e. The minimum absolute atomic E-state index is 0.104. The smallest absolute Gasteiger partial charge is 0.337 e. The number of aryl methyl sites for hydroxylation is 1. The van der Waals surface area contributed by atoms with Gasteiger partial charge in [-0.1, -0.05) is 23.9 Å². The van der Waals surface area contributed by atoms with Gasteiger partial charge < -0.3 is 10.1 Å². The highest BCUT2D eigenvalue weighted by Crippen LogP contribution is 2.27. The highest BCUT2D eigenvalue weighted by Gasteiger charge is 2.18. The van der Waals surface area contributed by atoms with Crippen LogP contribution in [-0.4, -0.2) is 44.0 Å². The Balaban J connectivity index is 1.60. The number of methoxy groups -OCH3 is 1. The van der Waals surface area contributed by atoms with E-state index in [1.54, 1.807) is 35.1 Å². The number of rotatable bonds is 6. The average molecular weight is 385 g/mol. The lowest BCUT2D eigenvalue weighted by Gasteiger charge is -2.12. The molecule has 2 heterocycles. The van der Waals surface area contributed by atoms with Gasteiger partial charge in [-0.25, -0.2) is 14.8 Å². The van der Waals surface area contributed by atoms with Crippen molar-refractivity contribution in [3.63, 3.8) is 0 Å². The van der Waals surface area contributed by atoms with Crippen molar-refractivity contribution in [2.45, 2.75) is 23.7 Å². The molecule has 9 heteroatoms. The maximum Gasteiger partial charge on any atom is 0.337 e. The quantitative estimate of drug-likeness (QED) is 0.393. The van der Waals surface area contributed by atoms with Crippen molar-refractivity contribution in [1.82, 2.24) is 25.1 Å². The monoisotopic (exact) mass is 385 g/mol. The Morgan fingerprint density at radius 1 is 1.26 bits per heavy atom. The molecule has 1 N–H and O–H groups in total. The third-order valence-corrected chi connectivity index (χ3v) is 5.11. The number of ether oxygens (including phenoxy) is 1. The van der Waals surface area contributed by atoms with E-state index in [1.807, 2.05) is 14.0 Å². The fourth-order valence-electron chi connectivity index (χ4n) is 2.46. The first-order valence-electron chi connectivity index (χ1n) is 8.24. The molecule has 140 valence electrons. The van der Waals surface area contributed by atoms with Crippen LogP contribution in [0.25, 0.3) is 11.0 Å². The molecule has 1 aromatic carbocycles. The van der Waals surface area contributed by atoms with Gasteiger partial charge in [0.15, 0.2) is 5.65 Å². The van der Waals surface area contributed by atoms with E-state index in [4.69, 9.17) is 0 Å². The number of thioether (sulfide) groups is 1. The van der Waals surface area contributed by atoms with E-state index in [2.05, 4.69) is 25.1 Å². The van der Waals surface area contributed by atoms with Gasteiger partial charge >= 0.3 is 5.97 Å². The molecule has 0 radical (unpaired) electrons. The summed E-state index contributed by atoms with van der Waals surface area (Å²) in [6, 6.07) is 6.92. The van der Waals surface area contributed by atoms with Crippen LogP contribution in [0, 0.1) is 0 Å². The molecule has 0 fully saturated rings. The molecule has 1 amide bonds. The number of nitrogens with zero attached hydrogens (tertiary/aromatic N) is 4. The molecule has 0 saturated heterocycles. The third kappa shape index (κ3) is 4.25. The second-order valence-corrected chi connectivity index (χ2v) is 7.18. The van der Waals surface area contributed by atoms with Crippen molar-refractivity contribution in [3.8, 4) is 0 Å². The van der Waals surface area contributed by atoms with Gasteiger partial charge in [-0.2, -0.15) is 5.10 Å². The lowest BCUT2D eigenvalue weighted by Crippen LogP contribution is -2.30. The first-order chi connectivity index (χ1) is 13.0. The average Bonchev–Trinajstić information content (AvgIpc) is 3.08. The number of hydrogen-bond donors (Lipinski definition) is 1. The number of aromatic nitrogens is 4. The van der Waals surface area contributed by atoms with E-state index in [1.165, 1.54) is 25.2 Å². The number of carbonyl (C=O) groups excluding carboxylic acids is 2. The summed E-state index contributed by atoms with van der Waals surface area (Å²) in [5, 5.41) is 8.28. The minimum atomic E-state index is -0.387. The molecule has 1 unspecified atom stereocenters. The maximum atomic E-state index is 12.4. The van der Waals surface area contributed by atoms with E-state index in [9.17, 15) is 9.59 Å². The molecule has 0 saturated carbocycles. The summed E-state index contributed by atoms with van der Waals surface area (Å²) >= 11 is 1.36. The van der Waals surface area contributed by atoms with E-state index in [0.717, 1.165) is 21.6 Å². The van der Waals surface area contributed by atoms with Crippen molar-refractivity contribution < 1.29 is 14.3 Å². The molecule has 0 aliphatic carbocycles. The summed E-state index contributed by atoms with van der Waals surface area (Å²) in [5.74, 6) is -0.491. The van der Waals surface area contributed by atoms with Gasteiger partial charge in [-0.15, -0.1) is 0 Å². The fraction of sp³-hybridized carbons (Fsp3) is 0.278. The molecule has 27 heavy (non-hydrogen) atoms. The van der Waals surface area contributed by atoms with Crippen molar-refractivity contribution in [1.29, 1.82) is 0 Å². The Bertz CT molecular complexity index is 971. The van der Waals surface area contributed by atoms with Gasteiger partial charge in [0.1, 0.15) is 11.4 Å². The molecule has 1 atom stereocenters. The van der Waals surface area contributed by atoms with Crippen LogP contribution in [0.3, 0.4) is 0 Å². The van der Waals surface area contributed by atoms with Crippen molar-refractivity contribution >= 4 is 34.7 Å². The topological polar surface area (TPSA) is 99.0 Å². The first kappa shape index (κ1) is 18.8. The number of benzene rings is 1. The summed E-state index contributed by atoms with van der Waals surface area (Å²) in [5.41, 5.74) is 2.09. The van der Waals surface area contributed by atoms with Crippen molar-refractivity contribution in [2.24, 2.45) is 7.05 Å². The van der Waals surface area contributed by atoms with Crippen LogP contribution in [0.15, 0.2) is 41.8 Å². The molecule has 0 aliphatic heterocycles. The summed E-state index contributed by atoms with van der Waals surface area (Å²) < 4.78 is 6.34. The highest BCUT2D eigenvalue weighted by atomic mass is 32.2. The molecule has 0 bridgehead atoms. The van der Waals surface area contributed by atoms with Crippen molar-refractivity contribution in [3.05, 3.63) is 47.9 Å². The van der Waals surface area contributed by atoms with Gasteiger partial charge in [0.2, 0.25) is 5.91 Å². The zero-order valence-electron chi connectivity index (χ0n) is 15.2. The Labute approximate surface area is 160 Å². The Morgan fingerprint density at radius 3 is 2.70 bits per heavy atom. The predicted octanol–water partition coefficient (Wildman–Crippen LogP) is 1.95. The summed E-state index contributed by atoms with van der Waals surface area (Å²) in [6.45, 7) is 2.20. The van der Waals surface area contributed by atoms with E-state index < -0.39 is 0 Å². The Morgan fingerprint density at radius 2 is 2.00 bits per heavy atom. The van der Waals surface area contributed by atoms with Crippen LogP contribution in [0.4, 0.5) is 0 Å². The summed E-state index contributed by atoms with van der Waals surface area (Å²) in [4.78, 5) is 32.3. The number of carbonyl (C=O) groups is 2. The van der Waals surface area contributed by atoms with Gasteiger partial charge in [0.25, 0.3) is 0 Å². The fourth-order valence-corrected chi connectivity index (χ4v) is 3.37. The van der Waals surface area contributed by atoms with Gasteiger partial charge in [0, 0.05) is 13.6 Å². The van der Waals surface area contributed by atoms with E-state index in [-0.39, 0.29) is 17.1 Å². The second-order valence-electron chi connectivity index (χ2n) is 5.85. The normalized spacial score (nSPS) is 12.0. The standard InChI is InChI=1S/C18H19N5O3S/c1-11(27-17-14-9-22-23(2)15(14)20-10-21-17)16(24)19-8-12-4-6-13(7-5-12)18(25)26-3/h4-7,9-11H,8H2,1-3H3,(H,19,24). The summed E-state index contributed by atoms with van der Waals surface area (Å²) in [7, 11) is 3.15. The van der Waals surface area contributed by atoms with Crippen LogP contribution in [0.1, 0.15) is 22.8 Å². The molecule has 3 aromatic rings. The maximum absolute atomic E-state index is 12.4. The zero-order valence-corrected chi connectivity index (χ0v) is 16.0. The largest absolute Gasteiger partial charge is 0.465 e. The SMILES string of the molecule is COC(=O)c1ccc(CNC(=O)C(C)Sc2ncnc3c2cnn3C)cc1. The van der Waals surface area contributed by atoms with E-state index >= 15 is 0 Å². The molecule has 0 spiro atoms. The Kier molecular flexibility index (Phi) is 5.70. The Hall–Kier alpha value is -2.94.